The zero-order chi connectivity index (χ0) is 16.1. The second kappa shape index (κ2) is 6.88. The monoisotopic (exact) mass is 305 g/mol. The summed E-state index contributed by atoms with van der Waals surface area (Å²) in [7, 11) is 1.70. The van der Waals surface area contributed by atoms with Crippen LogP contribution >= 0.6 is 0 Å². The Bertz CT molecular complexity index is 661. The van der Waals surface area contributed by atoms with Crippen LogP contribution in [0.25, 0.3) is 0 Å². The third-order valence-corrected chi connectivity index (χ3v) is 3.20. The molecule has 0 bridgehead atoms. The van der Waals surface area contributed by atoms with E-state index in [1.165, 1.54) is 10.9 Å². The standard InChI is InChI=1S/C14H19N5O3/c1-3-18-6-4-12(16-18)10-17(2)14(22)11-8-15-19(9-11)7-5-13(20)21/h4,6,8-9H,3,5,7,10H2,1-2H3,(H,20,21). The molecule has 0 spiro atoms. The third kappa shape index (κ3) is 3.94. The Labute approximate surface area is 127 Å². The number of amides is 1. The summed E-state index contributed by atoms with van der Waals surface area (Å²) in [6.45, 7) is 3.44. The van der Waals surface area contributed by atoms with Crippen LogP contribution in [0, 0.1) is 0 Å². The molecule has 8 heteroatoms. The van der Waals surface area contributed by atoms with Crippen molar-refractivity contribution >= 4 is 11.9 Å². The van der Waals surface area contributed by atoms with Gasteiger partial charge < -0.3 is 10.0 Å². The lowest BCUT2D eigenvalue weighted by atomic mass is 10.3. The van der Waals surface area contributed by atoms with Crippen molar-refractivity contribution in [1.29, 1.82) is 0 Å². The van der Waals surface area contributed by atoms with Crippen LogP contribution < -0.4 is 0 Å². The molecule has 22 heavy (non-hydrogen) atoms. The highest BCUT2D eigenvalue weighted by Crippen LogP contribution is 2.07. The van der Waals surface area contributed by atoms with Crippen molar-refractivity contribution in [3.8, 4) is 0 Å². The molecule has 0 saturated carbocycles. The fraction of sp³-hybridized carbons (Fsp3) is 0.429. The summed E-state index contributed by atoms with van der Waals surface area (Å²) >= 11 is 0. The van der Waals surface area contributed by atoms with Crippen molar-refractivity contribution in [3.05, 3.63) is 35.9 Å². The molecule has 1 amide bonds. The maximum atomic E-state index is 12.3. The predicted octanol–water partition coefficient (Wildman–Crippen LogP) is 0.846. The average Bonchev–Trinajstić information content (AvgIpc) is 3.13. The predicted molar refractivity (Wildman–Crippen MR) is 78.2 cm³/mol. The van der Waals surface area contributed by atoms with Crippen molar-refractivity contribution in [2.24, 2.45) is 0 Å². The third-order valence-electron chi connectivity index (χ3n) is 3.20. The molecule has 1 N–H and O–H groups in total. The molecule has 2 aromatic rings. The van der Waals surface area contributed by atoms with Crippen LogP contribution in [-0.2, 0) is 24.4 Å². The number of rotatable bonds is 7. The lowest BCUT2D eigenvalue weighted by molar-refractivity contribution is -0.137. The van der Waals surface area contributed by atoms with Gasteiger partial charge in [-0.3, -0.25) is 19.0 Å². The number of carbonyl (C=O) groups is 2. The van der Waals surface area contributed by atoms with Gasteiger partial charge in [-0.25, -0.2) is 0 Å². The molecule has 0 aromatic carbocycles. The highest BCUT2D eigenvalue weighted by Gasteiger charge is 2.15. The Kier molecular flexibility index (Phi) is 4.92. The Morgan fingerprint density at radius 1 is 1.36 bits per heavy atom. The van der Waals surface area contributed by atoms with Crippen LogP contribution in [0.4, 0.5) is 0 Å². The molecule has 2 rings (SSSR count). The summed E-state index contributed by atoms with van der Waals surface area (Å²) in [4.78, 5) is 24.4. The summed E-state index contributed by atoms with van der Waals surface area (Å²) in [6.07, 6.45) is 4.86. The van der Waals surface area contributed by atoms with E-state index in [1.807, 2.05) is 19.2 Å². The van der Waals surface area contributed by atoms with Crippen molar-refractivity contribution < 1.29 is 14.7 Å². The highest BCUT2D eigenvalue weighted by molar-refractivity contribution is 5.93. The van der Waals surface area contributed by atoms with Gasteiger partial charge in [0, 0.05) is 26.0 Å². The molecular weight excluding hydrogens is 286 g/mol. The number of carboxylic acid groups (broad SMARTS) is 1. The molecule has 118 valence electrons. The molecule has 0 fully saturated rings. The minimum Gasteiger partial charge on any atom is -0.481 e. The van der Waals surface area contributed by atoms with Crippen molar-refractivity contribution in [2.75, 3.05) is 7.05 Å². The van der Waals surface area contributed by atoms with Gasteiger partial charge in [0.15, 0.2) is 0 Å². The van der Waals surface area contributed by atoms with E-state index in [2.05, 4.69) is 10.2 Å². The van der Waals surface area contributed by atoms with E-state index in [9.17, 15) is 9.59 Å². The molecule has 0 radical (unpaired) electrons. The maximum Gasteiger partial charge on any atom is 0.305 e. The molecule has 0 aliphatic rings. The van der Waals surface area contributed by atoms with E-state index in [0.717, 1.165) is 12.2 Å². The number of carbonyl (C=O) groups excluding carboxylic acids is 1. The van der Waals surface area contributed by atoms with E-state index in [0.29, 0.717) is 12.1 Å². The molecular formula is C14H19N5O3. The topological polar surface area (TPSA) is 93.2 Å². The molecule has 0 aliphatic heterocycles. The van der Waals surface area contributed by atoms with E-state index < -0.39 is 5.97 Å². The SMILES string of the molecule is CCn1ccc(CN(C)C(=O)c2cnn(CCC(=O)O)c2)n1. The number of nitrogens with zero attached hydrogens (tertiary/aromatic N) is 5. The first-order valence-corrected chi connectivity index (χ1v) is 7.01. The number of aromatic nitrogens is 4. The molecule has 8 nitrogen and oxygen atoms in total. The van der Waals surface area contributed by atoms with E-state index in [4.69, 9.17) is 5.11 Å². The van der Waals surface area contributed by atoms with Crippen LogP contribution in [0.5, 0.6) is 0 Å². The summed E-state index contributed by atoms with van der Waals surface area (Å²) in [5, 5.41) is 17.0. The second-order valence-electron chi connectivity index (χ2n) is 4.96. The van der Waals surface area contributed by atoms with Crippen LogP contribution in [0.3, 0.4) is 0 Å². The summed E-state index contributed by atoms with van der Waals surface area (Å²) in [5.41, 5.74) is 1.25. The number of hydrogen-bond acceptors (Lipinski definition) is 4. The number of aliphatic carboxylic acids is 1. The lowest BCUT2D eigenvalue weighted by Crippen LogP contribution is -2.26. The van der Waals surface area contributed by atoms with Gasteiger partial charge in [-0.15, -0.1) is 0 Å². The van der Waals surface area contributed by atoms with E-state index in [-0.39, 0.29) is 18.9 Å². The second-order valence-corrected chi connectivity index (χ2v) is 4.96. The van der Waals surface area contributed by atoms with Gasteiger partial charge in [0.1, 0.15) is 0 Å². The molecule has 0 aliphatic carbocycles. The Morgan fingerprint density at radius 2 is 2.14 bits per heavy atom. The summed E-state index contributed by atoms with van der Waals surface area (Å²) < 4.78 is 3.26. The van der Waals surface area contributed by atoms with Gasteiger partial charge in [-0.1, -0.05) is 0 Å². The van der Waals surface area contributed by atoms with E-state index >= 15 is 0 Å². The minimum atomic E-state index is -0.896. The molecule has 2 aromatic heterocycles. The van der Waals surface area contributed by atoms with E-state index in [1.54, 1.807) is 22.8 Å². The number of hydrogen-bond donors (Lipinski definition) is 1. The molecule has 0 unspecified atom stereocenters. The average molecular weight is 305 g/mol. The number of carboxylic acids is 1. The first-order valence-electron chi connectivity index (χ1n) is 7.01. The molecule has 0 saturated heterocycles. The van der Waals surface area contributed by atoms with Gasteiger partial charge in [0.05, 0.1) is 37.0 Å². The van der Waals surface area contributed by atoms with Crippen molar-refractivity contribution in [2.45, 2.75) is 33.0 Å². The zero-order valence-corrected chi connectivity index (χ0v) is 12.6. The normalized spacial score (nSPS) is 10.6. The summed E-state index contributed by atoms with van der Waals surface area (Å²) in [6, 6.07) is 1.88. The quantitative estimate of drug-likeness (QED) is 0.818. The minimum absolute atomic E-state index is 0.0282. The van der Waals surface area contributed by atoms with Crippen LogP contribution in [0.2, 0.25) is 0 Å². The fourth-order valence-corrected chi connectivity index (χ4v) is 2.01. The number of aryl methyl sites for hydroxylation is 2. The molecule has 0 atom stereocenters. The van der Waals surface area contributed by atoms with Gasteiger partial charge in [0.2, 0.25) is 0 Å². The largest absolute Gasteiger partial charge is 0.481 e. The molecule has 2 heterocycles. The van der Waals surface area contributed by atoms with Crippen LogP contribution in [-0.4, -0.2) is 48.5 Å². The zero-order valence-electron chi connectivity index (χ0n) is 12.6. The van der Waals surface area contributed by atoms with Gasteiger partial charge in [-0.05, 0) is 13.0 Å². The Balaban J connectivity index is 1.96. The smallest absolute Gasteiger partial charge is 0.305 e. The fourth-order valence-electron chi connectivity index (χ4n) is 2.01. The lowest BCUT2D eigenvalue weighted by Gasteiger charge is -2.14. The van der Waals surface area contributed by atoms with Crippen LogP contribution in [0.15, 0.2) is 24.7 Å². The van der Waals surface area contributed by atoms with Crippen molar-refractivity contribution in [1.82, 2.24) is 24.5 Å². The summed E-state index contributed by atoms with van der Waals surface area (Å²) in [5.74, 6) is -1.07. The first kappa shape index (κ1) is 15.7. The first-order chi connectivity index (χ1) is 10.5. The van der Waals surface area contributed by atoms with Crippen LogP contribution in [0.1, 0.15) is 29.4 Å². The van der Waals surface area contributed by atoms with Gasteiger partial charge in [0.25, 0.3) is 5.91 Å². The van der Waals surface area contributed by atoms with Crippen molar-refractivity contribution in [3.63, 3.8) is 0 Å². The maximum absolute atomic E-state index is 12.3. The van der Waals surface area contributed by atoms with Gasteiger partial charge >= 0.3 is 5.97 Å². The van der Waals surface area contributed by atoms with Gasteiger partial charge in [-0.2, -0.15) is 10.2 Å². The Hall–Kier alpha value is -2.64. The highest BCUT2D eigenvalue weighted by atomic mass is 16.4. The Morgan fingerprint density at radius 3 is 2.77 bits per heavy atom.